The van der Waals surface area contributed by atoms with Crippen LogP contribution in [-0.2, 0) is 0 Å². The molecule has 1 heteroatoms. The second kappa shape index (κ2) is 3.45. The Kier molecular flexibility index (Phi) is 2.55. The summed E-state index contributed by atoms with van der Waals surface area (Å²) in [6, 6.07) is 0. The van der Waals surface area contributed by atoms with Crippen LogP contribution in [-0.4, -0.2) is 6.54 Å². The molecule has 0 fully saturated rings. The zero-order valence-corrected chi connectivity index (χ0v) is 6.72. The van der Waals surface area contributed by atoms with E-state index in [0.29, 0.717) is 0 Å². The molecule has 1 unspecified atom stereocenters. The Balaban J connectivity index is 2.42. The van der Waals surface area contributed by atoms with E-state index in [9.17, 15) is 0 Å². The Morgan fingerprint density at radius 2 is 2.50 bits per heavy atom. The maximum Gasteiger partial charge on any atom is 0.0296 e. The minimum atomic E-state index is 0.724. The van der Waals surface area contributed by atoms with Crippen LogP contribution >= 0.6 is 0 Å². The van der Waals surface area contributed by atoms with Crippen molar-refractivity contribution in [1.29, 1.82) is 0 Å². The van der Waals surface area contributed by atoms with Gasteiger partial charge in [-0.3, -0.25) is 0 Å². The topological polar surface area (TPSA) is 12.0 Å². The maximum absolute atomic E-state index is 3.28. The fraction of sp³-hybridized carbons (Fsp3) is 0.556. The minimum Gasteiger partial charge on any atom is -0.386 e. The van der Waals surface area contributed by atoms with E-state index in [1.807, 2.05) is 0 Å². The van der Waals surface area contributed by atoms with Crippen LogP contribution in [0.2, 0.25) is 0 Å². The summed E-state index contributed by atoms with van der Waals surface area (Å²) in [5.41, 5.74) is 1.28. The van der Waals surface area contributed by atoms with Gasteiger partial charge in [-0.25, -0.2) is 0 Å². The SMILES string of the molecule is CCNC1=CCC(C)C=C1. The third kappa shape index (κ3) is 1.90. The van der Waals surface area contributed by atoms with Crippen molar-refractivity contribution in [2.45, 2.75) is 20.3 Å². The highest BCUT2D eigenvalue weighted by molar-refractivity contribution is 5.21. The van der Waals surface area contributed by atoms with Crippen molar-refractivity contribution >= 4 is 0 Å². The second-order valence-corrected chi connectivity index (χ2v) is 2.76. The van der Waals surface area contributed by atoms with Crippen molar-refractivity contribution in [2.75, 3.05) is 6.54 Å². The van der Waals surface area contributed by atoms with Crippen molar-refractivity contribution < 1.29 is 0 Å². The zero-order valence-electron chi connectivity index (χ0n) is 6.72. The summed E-state index contributed by atoms with van der Waals surface area (Å²) >= 11 is 0. The van der Waals surface area contributed by atoms with Crippen molar-refractivity contribution in [3.05, 3.63) is 23.9 Å². The van der Waals surface area contributed by atoms with Crippen LogP contribution < -0.4 is 5.32 Å². The van der Waals surface area contributed by atoms with Gasteiger partial charge in [-0.15, -0.1) is 0 Å². The van der Waals surface area contributed by atoms with Gasteiger partial charge in [-0.1, -0.05) is 19.1 Å². The van der Waals surface area contributed by atoms with Crippen molar-refractivity contribution in [1.82, 2.24) is 5.32 Å². The van der Waals surface area contributed by atoms with Gasteiger partial charge in [-0.2, -0.15) is 0 Å². The number of rotatable bonds is 2. The van der Waals surface area contributed by atoms with E-state index in [2.05, 4.69) is 37.4 Å². The molecule has 0 bridgehead atoms. The fourth-order valence-electron chi connectivity index (χ4n) is 1.06. The van der Waals surface area contributed by atoms with E-state index in [4.69, 9.17) is 0 Å². The molecule has 1 atom stereocenters. The van der Waals surface area contributed by atoms with Crippen molar-refractivity contribution in [2.24, 2.45) is 5.92 Å². The molecule has 0 saturated heterocycles. The van der Waals surface area contributed by atoms with Crippen LogP contribution in [0.4, 0.5) is 0 Å². The van der Waals surface area contributed by atoms with Gasteiger partial charge < -0.3 is 5.32 Å². The lowest BCUT2D eigenvalue weighted by molar-refractivity contribution is 0.715. The smallest absolute Gasteiger partial charge is 0.0296 e. The van der Waals surface area contributed by atoms with Gasteiger partial charge >= 0.3 is 0 Å². The molecule has 0 heterocycles. The van der Waals surface area contributed by atoms with Crippen LogP contribution in [0.25, 0.3) is 0 Å². The highest BCUT2D eigenvalue weighted by Crippen LogP contribution is 2.12. The largest absolute Gasteiger partial charge is 0.386 e. The Labute approximate surface area is 62.8 Å². The van der Waals surface area contributed by atoms with E-state index in [0.717, 1.165) is 12.5 Å². The summed E-state index contributed by atoms with van der Waals surface area (Å²) < 4.78 is 0. The molecule has 0 aromatic heterocycles. The molecular weight excluding hydrogens is 122 g/mol. The average molecular weight is 137 g/mol. The fourth-order valence-corrected chi connectivity index (χ4v) is 1.06. The summed E-state index contributed by atoms with van der Waals surface area (Å²) in [6.07, 6.45) is 7.85. The summed E-state index contributed by atoms with van der Waals surface area (Å²) in [5, 5.41) is 3.28. The van der Waals surface area contributed by atoms with Gasteiger partial charge in [0.2, 0.25) is 0 Å². The van der Waals surface area contributed by atoms with Crippen LogP contribution in [0.15, 0.2) is 23.9 Å². The molecule has 0 aliphatic heterocycles. The van der Waals surface area contributed by atoms with E-state index in [1.54, 1.807) is 0 Å². The van der Waals surface area contributed by atoms with Gasteiger partial charge in [-0.05, 0) is 25.3 Å². The summed E-state index contributed by atoms with van der Waals surface area (Å²) in [4.78, 5) is 0. The lowest BCUT2D eigenvalue weighted by Crippen LogP contribution is -2.12. The number of hydrogen-bond donors (Lipinski definition) is 1. The molecule has 10 heavy (non-hydrogen) atoms. The molecule has 1 aliphatic carbocycles. The third-order valence-corrected chi connectivity index (χ3v) is 1.69. The normalized spacial score (nSPS) is 24.2. The van der Waals surface area contributed by atoms with Gasteiger partial charge in [0.15, 0.2) is 0 Å². The predicted molar refractivity (Wildman–Crippen MR) is 44.7 cm³/mol. The molecule has 1 rings (SSSR count). The van der Waals surface area contributed by atoms with Gasteiger partial charge in [0.05, 0.1) is 0 Å². The molecule has 1 aliphatic rings. The lowest BCUT2D eigenvalue weighted by atomic mass is 10.0. The Morgan fingerprint density at radius 3 is 3.00 bits per heavy atom. The highest BCUT2D eigenvalue weighted by atomic mass is 14.9. The number of likely N-dealkylation sites (N-methyl/N-ethyl adjacent to an activating group) is 1. The first kappa shape index (κ1) is 7.39. The standard InChI is InChI=1S/C9H15N/c1-3-10-9-6-4-8(2)5-7-9/h4,6-8,10H,3,5H2,1-2H3. The molecule has 0 amide bonds. The molecule has 0 aromatic rings. The van der Waals surface area contributed by atoms with E-state index in [-0.39, 0.29) is 0 Å². The van der Waals surface area contributed by atoms with Gasteiger partial charge in [0.25, 0.3) is 0 Å². The minimum absolute atomic E-state index is 0.724. The van der Waals surface area contributed by atoms with Gasteiger partial charge in [0.1, 0.15) is 0 Å². The first-order valence-corrected chi connectivity index (χ1v) is 3.95. The summed E-state index contributed by atoms with van der Waals surface area (Å²) in [5.74, 6) is 0.724. The van der Waals surface area contributed by atoms with Crippen molar-refractivity contribution in [3.8, 4) is 0 Å². The van der Waals surface area contributed by atoms with Crippen LogP contribution in [0, 0.1) is 5.92 Å². The lowest BCUT2D eigenvalue weighted by Gasteiger charge is -2.11. The number of nitrogens with one attached hydrogen (secondary N) is 1. The molecule has 0 spiro atoms. The van der Waals surface area contributed by atoms with E-state index in [1.165, 1.54) is 12.1 Å². The first-order valence-electron chi connectivity index (χ1n) is 3.95. The quantitative estimate of drug-likeness (QED) is 0.614. The number of hydrogen-bond acceptors (Lipinski definition) is 1. The van der Waals surface area contributed by atoms with E-state index >= 15 is 0 Å². The van der Waals surface area contributed by atoms with E-state index < -0.39 is 0 Å². The van der Waals surface area contributed by atoms with Crippen molar-refractivity contribution in [3.63, 3.8) is 0 Å². The molecule has 1 N–H and O–H groups in total. The Bertz CT molecular complexity index is 156. The molecule has 1 nitrogen and oxygen atoms in total. The molecular formula is C9H15N. The monoisotopic (exact) mass is 137 g/mol. The maximum atomic E-state index is 3.28. The first-order chi connectivity index (χ1) is 4.83. The molecule has 0 aromatic carbocycles. The second-order valence-electron chi connectivity index (χ2n) is 2.76. The Morgan fingerprint density at radius 1 is 1.70 bits per heavy atom. The summed E-state index contributed by atoms with van der Waals surface area (Å²) in [6.45, 7) is 5.37. The number of allylic oxidation sites excluding steroid dienone is 3. The average Bonchev–Trinajstić information content (AvgIpc) is 1.95. The Hall–Kier alpha value is -0.720. The predicted octanol–water partition coefficient (Wildman–Crippen LogP) is 2.08. The third-order valence-electron chi connectivity index (χ3n) is 1.69. The highest BCUT2D eigenvalue weighted by Gasteiger charge is 2.00. The molecule has 56 valence electrons. The van der Waals surface area contributed by atoms with Crippen LogP contribution in [0.5, 0.6) is 0 Å². The van der Waals surface area contributed by atoms with Gasteiger partial charge in [0, 0.05) is 12.2 Å². The van der Waals surface area contributed by atoms with Crippen LogP contribution in [0.1, 0.15) is 20.3 Å². The van der Waals surface area contributed by atoms with Crippen LogP contribution in [0.3, 0.4) is 0 Å². The summed E-state index contributed by atoms with van der Waals surface area (Å²) in [7, 11) is 0. The zero-order chi connectivity index (χ0) is 7.40. The molecule has 0 radical (unpaired) electrons. The molecule has 0 saturated carbocycles.